The molecule has 0 bridgehead atoms. The number of fused-ring (bicyclic) bond motifs is 1. The number of esters is 1. The minimum absolute atomic E-state index is 0.118. The molecule has 1 aliphatic rings. The van der Waals surface area contributed by atoms with Crippen LogP contribution < -0.4 is 4.74 Å². The quantitative estimate of drug-likeness (QED) is 0.609. The van der Waals surface area contributed by atoms with E-state index in [9.17, 15) is 9.59 Å². The van der Waals surface area contributed by atoms with Gasteiger partial charge in [-0.1, -0.05) is 30.3 Å². The number of hydrogen-bond acceptors (Lipinski definition) is 3. The van der Waals surface area contributed by atoms with Crippen molar-refractivity contribution in [1.29, 1.82) is 0 Å². The van der Waals surface area contributed by atoms with Gasteiger partial charge in [0, 0.05) is 17.5 Å². The predicted octanol–water partition coefficient (Wildman–Crippen LogP) is 3.03. The molecule has 0 heterocycles. The Morgan fingerprint density at radius 3 is 2.53 bits per heavy atom. The van der Waals surface area contributed by atoms with E-state index >= 15 is 0 Å². The normalized spacial score (nSPS) is 13.2. The number of hydrogen-bond donors (Lipinski definition) is 0. The maximum Gasteiger partial charge on any atom is 0.343 e. The van der Waals surface area contributed by atoms with Crippen LogP contribution in [0.4, 0.5) is 0 Å². The Bertz CT molecular complexity index is 644. The highest BCUT2D eigenvalue weighted by Crippen LogP contribution is 2.30. The number of benzene rings is 2. The van der Waals surface area contributed by atoms with Crippen LogP contribution in [0.2, 0.25) is 0 Å². The predicted molar refractivity (Wildman–Crippen MR) is 70.5 cm³/mol. The van der Waals surface area contributed by atoms with Crippen molar-refractivity contribution in [2.75, 3.05) is 0 Å². The topological polar surface area (TPSA) is 43.4 Å². The van der Waals surface area contributed by atoms with E-state index in [1.165, 1.54) is 0 Å². The van der Waals surface area contributed by atoms with Gasteiger partial charge in [-0.2, -0.15) is 0 Å². The molecule has 0 unspecified atom stereocenters. The largest absolute Gasteiger partial charge is 0.423 e. The molecule has 3 heteroatoms. The highest BCUT2D eigenvalue weighted by atomic mass is 16.5. The van der Waals surface area contributed by atoms with E-state index in [1.54, 1.807) is 42.5 Å². The number of ether oxygens (including phenoxy) is 1. The van der Waals surface area contributed by atoms with E-state index in [0.29, 0.717) is 29.7 Å². The molecule has 1 aliphatic carbocycles. The van der Waals surface area contributed by atoms with Gasteiger partial charge in [-0.25, -0.2) is 4.79 Å². The van der Waals surface area contributed by atoms with Gasteiger partial charge in [-0.3, -0.25) is 4.79 Å². The van der Waals surface area contributed by atoms with Crippen molar-refractivity contribution < 1.29 is 14.3 Å². The molecule has 2 aromatic rings. The van der Waals surface area contributed by atoms with Gasteiger partial charge in [0.15, 0.2) is 5.78 Å². The molecule has 0 spiro atoms. The fourth-order valence-electron chi connectivity index (χ4n) is 2.29. The Labute approximate surface area is 110 Å². The molecule has 3 rings (SSSR count). The standard InChI is InChI=1S/C16H12O3/c17-14-10-9-13-12(14)7-4-8-15(13)19-16(18)11-5-2-1-3-6-11/h1-8H,9-10H2. The second-order valence-corrected chi connectivity index (χ2v) is 4.46. The van der Waals surface area contributed by atoms with E-state index in [-0.39, 0.29) is 5.78 Å². The average Bonchev–Trinajstić information content (AvgIpc) is 2.83. The summed E-state index contributed by atoms with van der Waals surface area (Å²) in [4.78, 5) is 23.6. The van der Waals surface area contributed by atoms with E-state index in [0.717, 1.165) is 5.56 Å². The summed E-state index contributed by atoms with van der Waals surface area (Å²) < 4.78 is 5.40. The molecule has 0 aliphatic heterocycles. The number of ketones is 1. The van der Waals surface area contributed by atoms with Crippen molar-refractivity contribution in [2.45, 2.75) is 12.8 Å². The van der Waals surface area contributed by atoms with Crippen LogP contribution in [-0.2, 0) is 6.42 Å². The molecule has 0 fully saturated rings. The summed E-state index contributed by atoms with van der Waals surface area (Å²) in [7, 11) is 0. The monoisotopic (exact) mass is 252 g/mol. The zero-order valence-electron chi connectivity index (χ0n) is 10.3. The maximum absolute atomic E-state index is 12.0. The van der Waals surface area contributed by atoms with Crippen LogP contribution in [0.25, 0.3) is 0 Å². The Morgan fingerprint density at radius 1 is 0.947 bits per heavy atom. The van der Waals surface area contributed by atoms with Gasteiger partial charge in [0.2, 0.25) is 0 Å². The molecule has 94 valence electrons. The van der Waals surface area contributed by atoms with Gasteiger partial charge in [0.1, 0.15) is 5.75 Å². The molecule has 0 radical (unpaired) electrons. The first-order valence-corrected chi connectivity index (χ1v) is 6.18. The van der Waals surface area contributed by atoms with Gasteiger partial charge in [0.25, 0.3) is 0 Å². The molecule has 0 aromatic heterocycles. The molecular weight excluding hydrogens is 240 g/mol. The first-order valence-electron chi connectivity index (χ1n) is 6.18. The van der Waals surface area contributed by atoms with Crippen molar-refractivity contribution in [3.05, 3.63) is 65.2 Å². The van der Waals surface area contributed by atoms with Gasteiger partial charge < -0.3 is 4.74 Å². The van der Waals surface area contributed by atoms with Crippen molar-refractivity contribution >= 4 is 11.8 Å². The van der Waals surface area contributed by atoms with Gasteiger partial charge >= 0.3 is 5.97 Å². The van der Waals surface area contributed by atoms with Crippen LogP contribution in [0.1, 0.15) is 32.7 Å². The lowest BCUT2D eigenvalue weighted by Crippen LogP contribution is -2.09. The second kappa shape index (κ2) is 4.69. The first kappa shape index (κ1) is 11.7. The molecule has 2 aromatic carbocycles. The summed E-state index contributed by atoms with van der Waals surface area (Å²) in [6.45, 7) is 0. The summed E-state index contributed by atoms with van der Waals surface area (Å²) >= 11 is 0. The lowest BCUT2D eigenvalue weighted by molar-refractivity contribution is 0.0733. The molecule has 0 saturated heterocycles. The van der Waals surface area contributed by atoms with Crippen LogP contribution in [-0.4, -0.2) is 11.8 Å². The Morgan fingerprint density at radius 2 is 1.74 bits per heavy atom. The van der Waals surface area contributed by atoms with Crippen molar-refractivity contribution in [3.63, 3.8) is 0 Å². The van der Waals surface area contributed by atoms with Crippen LogP contribution in [0.5, 0.6) is 5.75 Å². The van der Waals surface area contributed by atoms with E-state index in [1.807, 2.05) is 6.07 Å². The third-order valence-corrected chi connectivity index (χ3v) is 3.25. The van der Waals surface area contributed by atoms with Gasteiger partial charge in [-0.15, -0.1) is 0 Å². The van der Waals surface area contributed by atoms with E-state index < -0.39 is 5.97 Å². The van der Waals surface area contributed by atoms with Crippen molar-refractivity contribution in [1.82, 2.24) is 0 Å². The van der Waals surface area contributed by atoms with E-state index in [4.69, 9.17) is 4.74 Å². The zero-order valence-corrected chi connectivity index (χ0v) is 10.3. The van der Waals surface area contributed by atoms with Crippen LogP contribution in [0, 0.1) is 0 Å². The Kier molecular flexibility index (Phi) is 2.88. The number of Topliss-reactive ketones (excluding diaryl/α,β-unsaturated/α-hetero) is 1. The third kappa shape index (κ3) is 2.15. The average molecular weight is 252 g/mol. The Balaban J connectivity index is 1.89. The number of carbonyl (C=O) groups is 2. The number of rotatable bonds is 2. The summed E-state index contributed by atoms with van der Waals surface area (Å²) in [6, 6.07) is 14.1. The Hall–Kier alpha value is -2.42. The van der Waals surface area contributed by atoms with Crippen LogP contribution in [0.3, 0.4) is 0 Å². The van der Waals surface area contributed by atoms with Gasteiger partial charge in [-0.05, 0) is 24.6 Å². The lowest BCUT2D eigenvalue weighted by atomic mass is 10.1. The highest BCUT2D eigenvalue weighted by molar-refractivity contribution is 6.01. The smallest absolute Gasteiger partial charge is 0.343 e. The fourth-order valence-corrected chi connectivity index (χ4v) is 2.29. The molecule has 0 N–H and O–H groups in total. The van der Waals surface area contributed by atoms with Crippen molar-refractivity contribution in [3.8, 4) is 5.75 Å². The first-order chi connectivity index (χ1) is 9.25. The second-order valence-electron chi connectivity index (χ2n) is 4.46. The lowest BCUT2D eigenvalue weighted by Gasteiger charge is -2.08. The molecular formula is C16H12O3. The molecule has 0 atom stereocenters. The van der Waals surface area contributed by atoms with E-state index in [2.05, 4.69) is 0 Å². The molecule has 0 amide bonds. The minimum atomic E-state index is -0.395. The van der Waals surface area contributed by atoms with Crippen LogP contribution >= 0.6 is 0 Å². The summed E-state index contributed by atoms with van der Waals surface area (Å²) in [5.41, 5.74) is 2.03. The summed E-state index contributed by atoms with van der Waals surface area (Å²) in [5, 5.41) is 0. The summed E-state index contributed by atoms with van der Waals surface area (Å²) in [5.74, 6) is 0.221. The van der Waals surface area contributed by atoms with Crippen LogP contribution in [0.15, 0.2) is 48.5 Å². The molecule has 0 saturated carbocycles. The van der Waals surface area contributed by atoms with Crippen molar-refractivity contribution in [2.24, 2.45) is 0 Å². The minimum Gasteiger partial charge on any atom is -0.423 e. The number of carbonyl (C=O) groups excluding carboxylic acids is 2. The molecule has 19 heavy (non-hydrogen) atoms. The molecule has 3 nitrogen and oxygen atoms in total. The third-order valence-electron chi connectivity index (χ3n) is 3.25. The highest BCUT2D eigenvalue weighted by Gasteiger charge is 2.23. The SMILES string of the molecule is O=C(Oc1cccc2c1CCC2=O)c1ccccc1. The zero-order chi connectivity index (χ0) is 13.2. The summed E-state index contributed by atoms with van der Waals surface area (Å²) in [6.07, 6.45) is 1.14. The fraction of sp³-hybridized carbons (Fsp3) is 0.125. The maximum atomic E-state index is 12.0. The van der Waals surface area contributed by atoms with Gasteiger partial charge in [0.05, 0.1) is 5.56 Å².